The van der Waals surface area contributed by atoms with Gasteiger partial charge in [-0.3, -0.25) is 4.79 Å². The summed E-state index contributed by atoms with van der Waals surface area (Å²) in [6.45, 7) is 1.94. The van der Waals surface area contributed by atoms with E-state index in [1.54, 1.807) is 12.1 Å². The maximum Gasteiger partial charge on any atom is 0.284 e. The molecule has 136 valence electrons. The van der Waals surface area contributed by atoms with Crippen molar-refractivity contribution in [1.82, 2.24) is 10.2 Å². The van der Waals surface area contributed by atoms with E-state index >= 15 is 0 Å². The van der Waals surface area contributed by atoms with Gasteiger partial charge in [0.15, 0.2) is 0 Å². The fraction of sp³-hybridized carbons (Fsp3) is 0.471. The first-order valence-electron chi connectivity index (χ1n) is 8.14. The highest BCUT2D eigenvalue weighted by molar-refractivity contribution is 7.98. The lowest BCUT2D eigenvalue weighted by atomic mass is 10.0. The third kappa shape index (κ3) is 5.09. The van der Waals surface area contributed by atoms with Crippen LogP contribution in [0.3, 0.4) is 0 Å². The quantitative estimate of drug-likeness (QED) is 0.805. The van der Waals surface area contributed by atoms with E-state index in [1.807, 2.05) is 11.0 Å². The second-order valence-electron chi connectivity index (χ2n) is 5.90. The van der Waals surface area contributed by atoms with Crippen LogP contribution < -0.4 is 5.32 Å². The summed E-state index contributed by atoms with van der Waals surface area (Å²) in [6, 6.07) is 5.52. The van der Waals surface area contributed by atoms with Crippen LogP contribution in [-0.4, -0.2) is 35.7 Å². The van der Waals surface area contributed by atoms with E-state index in [0.29, 0.717) is 48.8 Å². The minimum Gasteiger partial charge on any atom is -0.472 e. The fourth-order valence-electron chi connectivity index (χ4n) is 2.84. The van der Waals surface area contributed by atoms with Gasteiger partial charge in [0.2, 0.25) is 0 Å². The molecule has 1 amide bonds. The predicted molar refractivity (Wildman–Crippen MR) is 90.5 cm³/mol. The van der Waals surface area contributed by atoms with Gasteiger partial charge in [-0.1, -0.05) is 11.8 Å². The van der Waals surface area contributed by atoms with Gasteiger partial charge < -0.3 is 19.1 Å². The van der Waals surface area contributed by atoms with Crippen LogP contribution in [0.1, 0.15) is 34.7 Å². The lowest BCUT2D eigenvalue weighted by Gasteiger charge is -2.32. The van der Waals surface area contributed by atoms with Crippen molar-refractivity contribution in [3.63, 3.8) is 0 Å². The van der Waals surface area contributed by atoms with E-state index in [-0.39, 0.29) is 11.7 Å². The molecule has 0 saturated carbocycles. The van der Waals surface area contributed by atoms with Gasteiger partial charge in [0.25, 0.3) is 11.7 Å². The highest BCUT2D eigenvalue weighted by Crippen LogP contribution is 2.21. The molecule has 0 atom stereocenters. The van der Waals surface area contributed by atoms with Gasteiger partial charge in [-0.2, -0.15) is 8.78 Å². The second kappa shape index (κ2) is 8.53. The number of halogens is 2. The molecule has 2 aromatic heterocycles. The summed E-state index contributed by atoms with van der Waals surface area (Å²) in [7, 11) is 0. The van der Waals surface area contributed by atoms with E-state index < -0.39 is 5.76 Å². The smallest absolute Gasteiger partial charge is 0.284 e. The minimum atomic E-state index is -2.39. The molecule has 1 aliphatic rings. The molecular weight excluding hydrogens is 350 g/mol. The van der Waals surface area contributed by atoms with E-state index in [9.17, 15) is 13.6 Å². The van der Waals surface area contributed by atoms with Crippen LogP contribution in [0.15, 0.2) is 39.6 Å². The van der Waals surface area contributed by atoms with E-state index in [0.717, 1.165) is 18.6 Å². The van der Waals surface area contributed by atoms with Gasteiger partial charge in [-0.25, -0.2) is 0 Å². The van der Waals surface area contributed by atoms with Crippen molar-refractivity contribution < 1.29 is 22.4 Å². The molecule has 0 radical (unpaired) electrons. The molecule has 0 aromatic carbocycles. The zero-order chi connectivity index (χ0) is 17.6. The van der Waals surface area contributed by atoms with Crippen molar-refractivity contribution in [3.05, 3.63) is 47.8 Å². The number of rotatable bonds is 7. The monoisotopic (exact) mass is 370 g/mol. The number of amides is 1. The highest BCUT2D eigenvalue weighted by Gasteiger charge is 2.24. The summed E-state index contributed by atoms with van der Waals surface area (Å²) in [5.74, 6) is -0.919. The number of nitrogens with one attached hydrogen (secondary N) is 1. The minimum absolute atomic E-state index is 0.000550. The lowest BCUT2D eigenvalue weighted by Crippen LogP contribution is -2.44. The Labute approximate surface area is 148 Å². The molecule has 0 bridgehead atoms. The highest BCUT2D eigenvalue weighted by atomic mass is 32.2. The van der Waals surface area contributed by atoms with Gasteiger partial charge in [0.05, 0.1) is 24.1 Å². The SMILES string of the molecule is O=C(c1ccoc1)N1CCC(NCc2ccc(CSC(F)F)o2)CC1. The molecule has 0 aliphatic carbocycles. The maximum atomic E-state index is 12.2. The van der Waals surface area contributed by atoms with Crippen LogP contribution in [-0.2, 0) is 12.3 Å². The largest absolute Gasteiger partial charge is 0.472 e. The summed E-state index contributed by atoms with van der Waals surface area (Å²) in [5.41, 5.74) is 0.580. The number of alkyl halides is 2. The molecule has 1 aliphatic heterocycles. The third-order valence-corrected chi connectivity index (χ3v) is 4.89. The number of hydrogen-bond acceptors (Lipinski definition) is 5. The number of carbonyl (C=O) groups is 1. The van der Waals surface area contributed by atoms with Crippen molar-refractivity contribution in [2.24, 2.45) is 0 Å². The number of thioether (sulfide) groups is 1. The first-order valence-corrected chi connectivity index (χ1v) is 9.19. The van der Waals surface area contributed by atoms with E-state index in [1.165, 1.54) is 12.5 Å². The number of hydrogen-bond donors (Lipinski definition) is 1. The van der Waals surface area contributed by atoms with Gasteiger partial charge in [0, 0.05) is 19.1 Å². The molecule has 3 rings (SSSR count). The Balaban J connectivity index is 1.40. The molecule has 0 spiro atoms. The standard InChI is InChI=1S/C17H20F2N2O3S/c18-17(19)25-11-15-2-1-14(24-15)9-20-13-3-6-21(7-4-13)16(22)12-5-8-23-10-12/h1-2,5,8,10,13,17,20H,3-4,6-7,9,11H2. The molecule has 8 heteroatoms. The van der Waals surface area contributed by atoms with Crippen molar-refractivity contribution in [1.29, 1.82) is 0 Å². The number of nitrogens with zero attached hydrogens (tertiary/aromatic N) is 1. The molecule has 25 heavy (non-hydrogen) atoms. The molecular formula is C17H20F2N2O3S. The van der Waals surface area contributed by atoms with Crippen molar-refractivity contribution in [2.45, 2.75) is 36.9 Å². The summed E-state index contributed by atoms with van der Waals surface area (Å²) < 4.78 is 34.8. The number of furan rings is 2. The Hall–Kier alpha value is -1.80. The summed E-state index contributed by atoms with van der Waals surface area (Å²) in [5, 5.41) is 3.41. The van der Waals surface area contributed by atoms with Gasteiger partial charge in [0.1, 0.15) is 17.8 Å². The van der Waals surface area contributed by atoms with Crippen LogP contribution in [0.5, 0.6) is 0 Å². The average molecular weight is 370 g/mol. The molecule has 3 heterocycles. The van der Waals surface area contributed by atoms with Crippen LogP contribution >= 0.6 is 11.8 Å². The first kappa shape index (κ1) is 18.0. The Bertz CT molecular complexity index is 667. The van der Waals surface area contributed by atoms with Gasteiger partial charge in [-0.05, 0) is 31.0 Å². The second-order valence-corrected chi connectivity index (χ2v) is 6.88. The van der Waals surface area contributed by atoms with Crippen LogP contribution in [0.2, 0.25) is 0 Å². The summed E-state index contributed by atoms with van der Waals surface area (Å²) in [6.07, 6.45) is 4.68. The van der Waals surface area contributed by atoms with Crippen LogP contribution in [0, 0.1) is 0 Å². The first-order chi connectivity index (χ1) is 12.1. The lowest BCUT2D eigenvalue weighted by molar-refractivity contribution is 0.0703. The van der Waals surface area contributed by atoms with Crippen molar-refractivity contribution in [2.75, 3.05) is 13.1 Å². The van der Waals surface area contributed by atoms with Gasteiger partial charge >= 0.3 is 0 Å². The molecule has 0 unspecified atom stereocenters. The summed E-state index contributed by atoms with van der Waals surface area (Å²) in [4.78, 5) is 14.1. The van der Waals surface area contributed by atoms with Crippen LogP contribution in [0.4, 0.5) is 8.78 Å². The zero-order valence-corrected chi connectivity index (χ0v) is 14.4. The summed E-state index contributed by atoms with van der Waals surface area (Å²) >= 11 is 0.554. The van der Waals surface area contributed by atoms with E-state index in [4.69, 9.17) is 8.83 Å². The Kier molecular flexibility index (Phi) is 6.14. The number of piperidine rings is 1. The van der Waals surface area contributed by atoms with Crippen LogP contribution in [0.25, 0.3) is 0 Å². The normalized spacial score (nSPS) is 15.9. The topological polar surface area (TPSA) is 58.6 Å². The van der Waals surface area contributed by atoms with Crippen molar-refractivity contribution >= 4 is 17.7 Å². The van der Waals surface area contributed by atoms with E-state index in [2.05, 4.69) is 5.32 Å². The predicted octanol–water partition coefficient (Wildman–Crippen LogP) is 3.72. The third-order valence-electron chi connectivity index (χ3n) is 4.18. The molecule has 1 N–H and O–H groups in total. The zero-order valence-electron chi connectivity index (χ0n) is 13.6. The average Bonchev–Trinajstić information content (AvgIpc) is 3.30. The number of likely N-dealkylation sites (tertiary alicyclic amines) is 1. The Morgan fingerprint density at radius 2 is 2.04 bits per heavy atom. The van der Waals surface area contributed by atoms with Gasteiger partial charge in [-0.15, -0.1) is 0 Å². The van der Waals surface area contributed by atoms with Crippen molar-refractivity contribution in [3.8, 4) is 0 Å². The molecule has 2 aromatic rings. The molecule has 5 nitrogen and oxygen atoms in total. The maximum absolute atomic E-state index is 12.2. The Morgan fingerprint density at radius 1 is 1.28 bits per heavy atom. The Morgan fingerprint density at radius 3 is 2.72 bits per heavy atom. The number of carbonyl (C=O) groups excluding carboxylic acids is 1. The molecule has 1 saturated heterocycles. The fourth-order valence-corrected chi connectivity index (χ4v) is 3.29. The molecule has 1 fully saturated rings.